The van der Waals surface area contributed by atoms with Crippen molar-refractivity contribution in [1.82, 2.24) is 9.21 Å². The Morgan fingerprint density at radius 3 is 2.27 bits per heavy atom. The summed E-state index contributed by atoms with van der Waals surface area (Å²) < 4.78 is 67.3. The van der Waals surface area contributed by atoms with Crippen molar-refractivity contribution in [1.29, 1.82) is 0 Å². The number of carbonyl (C=O) groups is 1. The zero-order valence-electron chi connectivity index (χ0n) is 16.7. The largest absolute Gasteiger partial charge is 0.426 e. The fraction of sp³-hybridized carbons (Fsp3) is 0.450. The quantitative estimate of drug-likeness (QED) is 0.790. The Hall–Kier alpha value is -2.17. The summed E-state index contributed by atoms with van der Waals surface area (Å²) in [7, 11) is -3.97. The molecule has 6 nitrogen and oxygen atoms in total. The van der Waals surface area contributed by atoms with Gasteiger partial charge in [-0.25, -0.2) is 8.42 Å². The number of alkyl halides is 3. The van der Waals surface area contributed by atoms with Crippen LogP contribution in [0.2, 0.25) is 0 Å². The summed E-state index contributed by atoms with van der Waals surface area (Å²) >= 11 is 0. The third kappa shape index (κ3) is 3.67. The molecule has 0 unspecified atom stereocenters. The Bertz CT molecular complexity index is 1060. The Balaban J connectivity index is 1.93. The van der Waals surface area contributed by atoms with Crippen LogP contribution in [-0.2, 0) is 14.8 Å². The summed E-state index contributed by atoms with van der Waals surface area (Å²) in [6, 6.07) is 10.3. The van der Waals surface area contributed by atoms with Gasteiger partial charge in [0.25, 0.3) is 5.91 Å². The first-order valence-electron chi connectivity index (χ1n) is 9.38. The van der Waals surface area contributed by atoms with Crippen LogP contribution in [0.1, 0.15) is 20.8 Å². The van der Waals surface area contributed by atoms with Crippen molar-refractivity contribution in [2.24, 2.45) is 0 Å². The monoisotopic (exact) mass is 444 g/mol. The van der Waals surface area contributed by atoms with Gasteiger partial charge < -0.3 is 10.0 Å². The molecule has 1 heterocycles. The minimum absolute atomic E-state index is 0.0988. The number of rotatable bonds is 3. The second-order valence-electron chi connectivity index (χ2n) is 7.78. The molecule has 3 rings (SSSR count). The highest BCUT2D eigenvalue weighted by Gasteiger charge is 2.58. The van der Waals surface area contributed by atoms with E-state index in [0.29, 0.717) is 12.3 Å². The molecule has 2 aromatic rings. The molecule has 2 aromatic carbocycles. The number of amides is 1. The van der Waals surface area contributed by atoms with E-state index >= 15 is 0 Å². The van der Waals surface area contributed by atoms with E-state index in [2.05, 4.69) is 0 Å². The molecule has 164 valence electrons. The molecule has 0 aliphatic carbocycles. The standard InChI is InChI=1S/C20H23F3N2O4S/c1-13-12-25(14(2)11-24(13)18(26)19(3,27)20(21,22)23)30(28,29)17-10-6-8-15-7-4-5-9-16(15)17/h4-10,13-14,27H,11-12H2,1-3H3/t13-,14+,19-/m1/s1. The Kier molecular flexibility index (Phi) is 5.63. The van der Waals surface area contributed by atoms with Crippen molar-refractivity contribution in [2.45, 2.75) is 49.5 Å². The summed E-state index contributed by atoms with van der Waals surface area (Å²) in [6.07, 6.45) is -5.14. The molecule has 0 saturated carbocycles. The number of aliphatic hydroxyl groups is 1. The van der Waals surface area contributed by atoms with Crippen molar-refractivity contribution in [3.8, 4) is 0 Å². The normalized spacial score (nSPS) is 23.4. The topological polar surface area (TPSA) is 77.9 Å². The van der Waals surface area contributed by atoms with E-state index in [-0.39, 0.29) is 18.0 Å². The van der Waals surface area contributed by atoms with Crippen LogP contribution < -0.4 is 0 Å². The van der Waals surface area contributed by atoms with Gasteiger partial charge in [0.05, 0.1) is 4.90 Å². The average molecular weight is 444 g/mol. The van der Waals surface area contributed by atoms with E-state index in [1.807, 2.05) is 0 Å². The van der Waals surface area contributed by atoms with Crippen LogP contribution in [0, 0.1) is 0 Å². The maximum Gasteiger partial charge on any atom is 0.426 e. The molecule has 1 fully saturated rings. The van der Waals surface area contributed by atoms with Crippen LogP contribution in [0.15, 0.2) is 47.4 Å². The predicted octanol–water partition coefficient (Wildman–Crippen LogP) is 2.76. The third-order valence-corrected chi connectivity index (χ3v) is 7.53. The van der Waals surface area contributed by atoms with Crippen LogP contribution in [-0.4, -0.2) is 65.6 Å². The van der Waals surface area contributed by atoms with Gasteiger partial charge in [0.15, 0.2) is 0 Å². The van der Waals surface area contributed by atoms with Gasteiger partial charge in [0.2, 0.25) is 15.6 Å². The first-order valence-corrected chi connectivity index (χ1v) is 10.8. The van der Waals surface area contributed by atoms with Crippen LogP contribution in [0.25, 0.3) is 10.8 Å². The van der Waals surface area contributed by atoms with Crippen LogP contribution in [0.5, 0.6) is 0 Å². The van der Waals surface area contributed by atoms with Gasteiger partial charge in [-0.3, -0.25) is 4.79 Å². The molecule has 0 bridgehead atoms. The highest BCUT2D eigenvalue weighted by molar-refractivity contribution is 7.89. The number of hydrogen-bond donors (Lipinski definition) is 1. The molecule has 1 saturated heterocycles. The molecule has 1 aliphatic heterocycles. The van der Waals surface area contributed by atoms with Gasteiger partial charge in [0, 0.05) is 30.6 Å². The van der Waals surface area contributed by atoms with Gasteiger partial charge in [-0.05, 0) is 32.2 Å². The first-order chi connectivity index (χ1) is 13.8. The first kappa shape index (κ1) is 22.5. The lowest BCUT2D eigenvalue weighted by atomic mass is 10.0. The number of nitrogens with zero attached hydrogens (tertiary/aromatic N) is 2. The molecule has 1 amide bonds. The lowest BCUT2D eigenvalue weighted by Crippen LogP contribution is -2.65. The Labute approximate surface area is 172 Å². The molecule has 1 N–H and O–H groups in total. The second kappa shape index (κ2) is 7.51. The maximum atomic E-state index is 13.4. The maximum absolute atomic E-state index is 13.4. The number of carbonyl (C=O) groups excluding carboxylic acids is 1. The van der Waals surface area contributed by atoms with E-state index in [0.717, 1.165) is 10.3 Å². The summed E-state index contributed by atoms with van der Waals surface area (Å²) in [5.74, 6) is -1.49. The van der Waals surface area contributed by atoms with Gasteiger partial charge in [-0.1, -0.05) is 36.4 Å². The summed E-state index contributed by atoms with van der Waals surface area (Å²) in [4.78, 5) is 13.4. The molecule has 3 atom stereocenters. The van der Waals surface area contributed by atoms with Crippen molar-refractivity contribution in [2.75, 3.05) is 13.1 Å². The number of halogens is 3. The second-order valence-corrected chi connectivity index (χ2v) is 9.64. The number of fused-ring (bicyclic) bond motifs is 1. The molecular weight excluding hydrogens is 421 g/mol. The van der Waals surface area contributed by atoms with Crippen LogP contribution in [0.4, 0.5) is 13.2 Å². The van der Waals surface area contributed by atoms with Gasteiger partial charge in [0.1, 0.15) is 0 Å². The van der Waals surface area contributed by atoms with Crippen LogP contribution in [0.3, 0.4) is 0 Å². The van der Waals surface area contributed by atoms with E-state index in [1.165, 1.54) is 24.2 Å². The molecule has 0 spiro atoms. The molecule has 0 aromatic heterocycles. The highest BCUT2D eigenvalue weighted by atomic mass is 32.2. The zero-order chi connectivity index (χ0) is 22.5. The zero-order valence-corrected chi connectivity index (χ0v) is 17.5. The van der Waals surface area contributed by atoms with E-state index in [4.69, 9.17) is 0 Å². The van der Waals surface area contributed by atoms with Crippen LogP contribution >= 0.6 is 0 Å². The lowest BCUT2D eigenvalue weighted by molar-refractivity contribution is -0.251. The van der Waals surface area contributed by atoms with Gasteiger partial charge in [-0.2, -0.15) is 17.5 Å². The molecule has 1 aliphatic rings. The van der Waals surface area contributed by atoms with Gasteiger partial charge in [-0.15, -0.1) is 0 Å². The average Bonchev–Trinajstić information content (AvgIpc) is 2.67. The predicted molar refractivity (Wildman–Crippen MR) is 105 cm³/mol. The van der Waals surface area contributed by atoms with E-state index in [9.17, 15) is 31.5 Å². The van der Waals surface area contributed by atoms with E-state index in [1.54, 1.807) is 36.4 Å². The Morgan fingerprint density at radius 2 is 1.63 bits per heavy atom. The van der Waals surface area contributed by atoms with Crippen molar-refractivity contribution in [3.63, 3.8) is 0 Å². The Morgan fingerprint density at radius 1 is 1.03 bits per heavy atom. The summed E-state index contributed by atoms with van der Waals surface area (Å²) in [5, 5.41) is 11.0. The SMILES string of the molecule is C[C@@H]1CN(S(=O)(=O)c2cccc3ccccc23)[C@@H](C)CN1C(=O)[C@@](C)(O)C(F)(F)F. The minimum atomic E-state index is -5.14. The molecule has 30 heavy (non-hydrogen) atoms. The summed E-state index contributed by atoms with van der Waals surface area (Å²) in [5.41, 5.74) is -3.54. The fourth-order valence-electron chi connectivity index (χ4n) is 3.66. The van der Waals surface area contributed by atoms with E-state index < -0.39 is 39.8 Å². The molecular formula is C20H23F3N2O4S. The van der Waals surface area contributed by atoms with Gasteiger partial charge >= 0.3 is 6.18 Å². The summed E-state index contributed by atoms with van der Waals surface area (Å²) in [6.45, 7) is 2.94. The minimum Gasteiger partial charge on any atom is -0.373 e. The third-order valence-electron chi connectivity index (χ3n) is 5.49. The number of benzene rings is 2. The number of sulfonamides is 1. The highest BCUT2D eigenvalue weighted by Crippen LogP contribution is 2.34. The number of piperazine rings is 1. The van der Waals surface area contributed by atoms with Crippen molar-refractivity contribution < 1.29 is 31.5 Å². The number of hydrogen-bond acceptors (Lipinski definition) is 4. The molecule has 0 radical (unpaired) electrons. The van der Waals surface area contributed by atoms with Crippen molar-refractivity contribution in [3.05, 3.63) is 42.5 Å². The fourth-order valence-corrected chi connectivity index (χ4v) is 5.58. The lowest BCUT2D eigenvalue weighted by Gasteiger charge is -2.45. The molecule has 10 heteroatoms. The smallest absolute Gasteiger partial charge is 0.373 e. The van der Waals surface area contributed by atoms with Crippen molar-refractivity contribution >= 4 is 26.7 Å².